The van der Waals surface area contributed by atoms with Crippen molar-refractivity contribution in [3.63, 3.8) is 0 Å². The minimum absolute atomic E-state index is 0.320. The molecule has 0 aromatic heterocycles. The van der Waals surface area contributed by atoms with Crippen LogP contribution in [-0.4, -0.2) is 33.1 Å². The van der Waals surface area contributed by atoms with E-state index < -0.39 is 11.2 Å². The lowest BCUT2D eigenvalue weighted by Crippen LogP contribution is -2.56. The summed E-state index contributed by atoms with van der Waals surface area (Å²) < 4.78 is 0. The maximum atomic E-state index is 12.1. The van der Waals surface area contributed by atoms with Crippen LogP contribution in [0.3, 0.4) is 0 Å². The summed E-state index contributed by atoms with van der Waals surface area (Å²) >= 11 is 0. The van der Waals surface area contributed by atoms with E-state index in [1.54, 1.807) is 0 Å². The fraction of sp³-hybridized carbons (Fsp3) is 1.00. The summed E-state index contributed by atoms with van der Waals surface area (Å²) in [6, 6.07) is 0. The van der Waals surface area contributed by atoms with Crippen molar-refractivity contribution in [1.29, 1.82) is 0 Å². The Morgan fingerprint density at radius 3 is 0.537 bits per heavy atom. The van der Waals surface area contributed by atoms with E-state index in [9.17, 15) is 15.3 Å². The van der Waals surface area contributed by atoms with E-state index in [4.69, 9.17) is 0 Å². The molecular formula is C51H104O3. The van der Waals surface area contributed by atoms with Crippen LogP contribution in [0.25, 0.3) is 0 Å². The Morgan fingerprint density at radius 2 is 0.370 bits per heavy atom. The van der Waals surface area contributed by atoms with E-state index in [1.807, 2.05) is 0 Å². The third-order valence-corrected chi connectivity index (χ3v) is 13.0. The van der Waals surface area contributed by atoms with Crippen LogP contribution in [0.4, 0.5) is 0 Å². The minimum atomic E-state index is -1.38. The van der Waals surface area contributed by atoms with Crippen LogP contribution in [0.5, 0.6) is 0 Å². The second kappa shape index (κ2) is 42.5. The fourth-order valence-electron chi connectivity index (χ4n) is 8.89. The second-order valence-electron chi connectivity index (χ2n) is 18.3. The maximum absolute atomic E-state index is 12.1. The lowest BCUT2D eigenvalue weighted by molar-refractivity contribution is -0.185. The van der Waals surface area contributed by atoms with Gasteiger partial charge in [-0.1, -0.05) is 290 Å². The van der Waals surface area contributed by atoms with Crippen LogP contribution < -0.4 is 0 Å². The van der Waals surface area contributed by atoms with Crippen LogP contribution in [0.15, 0.2) is 0 Å². The molecule has 326 valence electrons. The van der Waals surface area contributed by atoms with Gasteiger partial charge >= 0.3 is 0 Å². The fourth-order valence-corrected chi connectivity index (χ4v) is 8.89. The van der Waals surface area contributed by atoms with Gasteiger partial charge in [0.05, 0.1) is 12.2 Å². The Morgan fingerprint density at radius 1 is 0.222 bits per heavy atom. The highest BCUT2D eigenvalue weighted by Gasteiger charge is 2.47. The standard InChI is InChI=1S/C51H104O3/c1-4-7-10-13-16-19-22-25-28-31-34-37-40-43-46-50(53,47-44-41-38-35-32-29-26-23-20-17-14-11-8-5-2)51(54,49-52)48-45-42-39-36-33-30-27-24-21-18-15-12-9-6-3/h52-54H,4-49H2,1-3H3. The Balaban J connectivity index is 4.48. The normalized spacial score (nSPS) is 13.2. The van der Waals surface area contributed by atoms with Crippen LogP contribution >= 0.6 is 0 Å². The van der Waals surface area contributed by atoms with Crippen molar-refractivity contribution in [3.05, 3.63) is 0 Å². The number of rotatable bonds is 47. The van der Waals surface area contributed by atoms with Crippen molar-refractivity contribution in [2.75, 3.05) is 6.61 Å². The first-order chi connectivity index (χ1) is 26.5. The van der Waals surface area contributed by atoms with Crippen molar-refractivity contribution in [3.8, 4) is 0 Å². The smallest absolute Gasteiger partial charge is 0.116 e. The number of aliphatic hydroxyl groups is 3. The average Bonchev–Trinajstić information content (AvgIpc) is 3.18. The van der Waals surface area contributed by atoms with Gasteiger partial charge in [0.1, 0.15) is 5.60 Å². The zero-order valence-corrected chi connectivity index (χ0v) is 37.9. The van der Waals surface area contributed by atoms with Crippen molar-refractivity contribution < 1.29 is 15.3 Å². The molecule has 0 aromatic rings. The molecule has 0 aliphatic rings. The van der Waals surface area contributed by atoms with E-state index in [0.717, 1.165) is 38.5 Å². The topological polar surface area (TPSA) is 60.7 Å². The highest BCUT2D eigenvalue weighted by molar-refractivity contribution is 4.99. The SMILES string of the molecule is CCCCCCCCCCCCCCCCC(O)(CO)C(O)(CCCCCCCCCCCCCCCC)CCCCCCCCCCCCCCCC. The van der Waals surface area contributed by atoms with Crippen LogP contribution in [0, 0.1) is 0 Å². The first-order valence-corrected chi connectivity index (χ1v) is 25.5. The quantitative estimate of drug-likeness (QED) is 0.0541. The summed E-state index contributed by atoms with van der Waals surface area (Å²) in [5, 5.41) is 34.5. The third kappa shape index (κ3) is 34.0. The largest absolute Gasteiger partial charge is 0.393 e. The molecule has 0 fully saturated rings. The van der Waals surface area contributed by atoms with E-state index >= 15 is 0 Å². The molecule has 3 N–H and O–H groups in total. The average molecular weight is 765 g/mol. The van der Waals surface area contributed by atoms with Crippen molar-refractivity contribution in [2.24, 2.45) is 0 Å². The van der Waals surface area contributed by atoms with Crippen molar-refractivity contribution in [1.82, 2.24) is 0 Å². The molecule has 3 nitrogen and oxygen atoms in total. The Kier molecular flexibility index (Phi) is 42.4. The molecule has 0 saturated carbocycles. The lowest BCUT2D eigenvalue weighted by Gasteiger charge is -2.43. The molecular weight excluding hydrogens is 661 g/mol. The molecule has 0 amide bonds. The molecule has 0 saturated heterocycles. The molecule has 0 spiro atoms. The highest BCUT2D eigenvalue weighted by atomic mass is 16.4. The Labute approximate surface area is 341 Å². The zero-order valence-electron chi connectivity index (χ0n) is 37.9. The van der Waals surface area contributed by atoms with Crippen molar-refractivity contribution in [2.45, 2.75) is 321 Å². The van der Waals surface area contributed by atoms with E-state index in [2.05, 4.69) is 20.8 Å². The van der Waals surface area contributed by atoms with Gasteiger partial charge in [0.25, 0.3) is 0 Å². The number of hydrogen-bond acceptors (Lipinski definition) is 3. The molecule has 54 heavy (non-hydrogen) atoms. The second-order valence-corrected chi connectivity index (χ2v) is 18.3. The molecule has 0 aromatic carbocycles. The molecule has 0 aliphatic carbocycles. The summed E-state index contributed by atoms with van der Waals surface area (Å²) in [7, 11) is 0. The Bertz CT molecular complexity index is 662. The number of unbranched alkanes of at least 4 members (excludes halogenated alkanes) is 39. The van der Waals surface area contributed by atoms with Crippen LogP contribution in [0.1, 0.15) is 310 Å². The minimum Gasteiger partial charge on any atom is -0.393 e. The monoisotopic (exact) mass is 765 g/mol. The predicted octanol–water partition coefficient (Wildman–Crippen LogP) is 17.1. The summed E-state index contributed by atoms with van der Waals surface area (Å²) in [5.41, 5.74) is -2.55. The van der Waals surface area contributed by atoms with Crippen molar-refractivity contribution >= 4 is 0 Å². The van der Waals surface area contributed by atoms with Gasteiger partial charge in [-0.25, -0.2) is 0 Å². The van der Waals surface area contributed by atoms with Gasteiger partial charge in [-0.3, -0.25) is 0 Å². The van der Waals surface area contributed by atoms with E-state index in [0.29, 0.717) is 19.3 Å². The maximum Gasteiger partial charge on any atom is 0.116 e. The molecule has 0 bridgehead atoms. The highest BCUT2D eigenvalue weighted by Crippen LogP contribution is 2.37. The molecule has 0 aliphatic heterocycles. The number of hydrogen-bond donors (Lipinski definition) is 3. The molecule has 1 unspecified atom stereocenters. The number of aliphatic hydroxyl groups excluding tert-OH is 1. The van der Waals surface area contributed by atoms with Gasteiger partial charge in [-0.05, 0) is 19.3 Å². The molecule has 0 rings (SSSR count). The van der Waals surface area contributed by atoms with Gasteiger partial charge in [0.15, 0.2) is 0 Å². The molecule has 0 radical (unpaired) electrons. The van der Waals surface area contributed by atoms with Gasteiger partial charge in [-0.15, -0.1) is 0 Å². The molecule has 1 atom stereocenters. The summed E-state index contributed by atoms with van der Waals surface area (Å²) in [5.74, 6) is 0. The molecule has 3 heteroatoms. The first kappa shape index (κ1) is 53.9. The molecule has 0 heterocycles. The summed E-state index contributed by atoms with van der Waals surface area (Å²) in [6.07, 6.45) is 57.0. The summed E-state index contributed by atoms with van der Waals surface area (Å²) in [6.45, 7) is 6.55. The zero-order chi connectivity index (χ0) is 39.5. The summed E-state index contributed by atoms with van der Waals surface area (Å²) in [4.78, 5) is 0. The Hall–Kier alpha value is -0.120. The van der Waals surface area contributed by atoms with E-state index in [-0.39, 0.29) is 6.61 Å². The lowest BCUT2D eigenvalue weighted by atomic mass is 9.73. The van der Waals surface area contributed by atoms with Gasteiger partial charge in [-0.2, -0.15) is 0 Å². The van der Waals surface area contributed by atoms with Crippen LogP contribution in [0.2, 0.25) is 0 Å². The first-order valence-electron chi connectivity index (χ1n) is 25.5. The van der Waals surface area contributed by atoms with Gasteiger partial charge in [0.2, 0.25) is 0 Å². The van der Waals surface area contributed by atoms with Gasteiger partial charge < -0.3 is 15.3 Å². The van der Waals surface area contributed by atoms with Crippen LogP contribution in [-0.2, 0) is 0 Å². The van der Waals surface area contributed by atoms with E-state index in [1.165, 1.54) is 231 Å². The predicted molar refractivity (Wildman–Crippen MR) is 242 cm³/mol. The third-order valence-electron chi connectivity index (χ3n) is 13.0. The van der Waals surface area contributed by atoms with Gasteiger partial charge in [0, 0.05) is 0 Å².